The second-order valence-corrected chi connectivity index (χ2v) is 4.89. The smallest absolute Gasteiger partial charge is 0.151 e. The number of hydrogen-bond donors (Lipinski definition) is 2. The number of imidazole rings is 1. The molecule has 3 N–H and O–H groups in total. The Morgan fingerprint density at radius 1 is 1.10 bits per heavy atom. The molecule has 0 amide bonds. The Labute approximate surface area is 116 Å². The highest BCUT2D eigenvalue weighted by atomic mass is 19.1. The lowest BCUT2D eigenvalue weighted by Gasteiger charge is -2.08. The molecular formula is C16H16FN3. The van der Waals surface area contributed by atoms with E-state index in [9.17, 15) is 4.39 Å². The molecule has 0 aliphatic rings. The minimum Gasteiger partial charge on any atom is -0.341 e. The van der Waals surface area contributed by atoms with Crippen LogP contribution in [0.25, 0.3) is 11.0 Å². The molecule has 102 valence electrons. The average Bonchev–Trinajstić information content (AvgIpc) is 2.91. The molecule has 20 heavy (non-hydrogen) atoms. The summed E-state index contributed by atoms with van der Waals surface area (Å²) in [5.74, 6) is 0.321. The zero-order valence-electron chi connectivity index (χ0n) is 11.0. The molecule has 0 bridgehead atoms. The summed E-state index contributed by atoms with van der Waals surface area (Å²) < 4.78 is 13.6. The van der Waals surface area contributed by atoms with E-state index in [1.54, 1.807) is 12.1 Å². The number of fused-ring (bicyclic) bond motifs is 1. The van der Waals surface area contributed by atoms with E-state index in [0.29, 0.717) is 16.9 Å². The number of nitrogens with two attached hydrogens (primary N) is 1. The molecule has 0 aliphatic carbocycles. The molecule has 1 atom stereocenters. The van der Waals surface area contributed by atoms with Gasteiger partial charge in [-0.25, -0.2) is 9.37 Å². The maximum Gasteiger partial charge on any atom is 0.151 e. The molecule has 0 saturated heterocycles. The first kappa shape index (κ1) is 12.8. The minimum absolute atomic E-state index is 0.220. The number of aromatic nitrogens is 2. The molecule has 1 unspecified atom stereocenters. The highest BCUT2D eigenvalue weighted by Crippen LogP contribution is 2.20. The summed E-state index contributed by atoms with van der Waals surface area (Å²) in [6, 6.07) is 14.8. The zero-order chi connectivity index (χ0) is 13.9. The van der Waals surface area contributed by atoms with Crippen molar-refractivity contribution in [3.8, 4) is 0 Å². The van der Waals surface area contributed by atoms with Gasteiger partial charge in [0.15, 0.2) is 5.82 Å². The fourth-order valence-electron chi connectivity index (χ4n) is 2.30. The van der Waals surface area contributed by atoms with Gasteiger partial charge in [0.25, 0.3) is 0 Å². The molecule has 3 aromatic rings. The van der Waals surface area contributed by atoms with E-state index in [0.717, 1.165) is 12.8 Å². The lowest BCUT2D eigenvalue weighted by atomic mass is 10.1. The number of rotatable bonds is 4. The molecule has 0 aliphatic heterocycles. The number of hydrogen-bond acceptors (Lipinski definition) is 2. The largest absolute Gasteiger partial charge is 0.341 e. The zero-order valence-corrected chi connectivity index (χ0v) is 11.0. The van der Waals surface area contributed by atoms with Crippen molar-refractivity contribution >= 4 is 11.0 Å². The van der Waals surface area contributed by atoms with Crippen molar-refractivity contribution in [2.75, 3.05) is 0 Å². The molecule has 2 aromatic carbocycles. The number of nitrogens with zero attached hydrogens (tertiary/aromatic N) is 1. The Kier molecular flexibility index (Phi) is 3.48. The quantitative estimate of drug-likeness (QED) is 0.763. The third-order valence-corrected chi connectivity index (χ3v) is 3.42. The number of benzene rings is 2. The topological polar surface area (TPSA) is 54.7 Å². The average molecular weight is 269 g/mol. The van der Waals surface area contributed by atoms with Gasteiger partial charge < -0.3 is 10.7 Å². The molecule has 4 heteroatoms. The molecule has 0 saturated carbocycles. The lowest BCUT2D eigenvalue weighted by molar-refractivity contribution is 0.617. The number of H-pyrrole nitrogens is 1. The summed E-state index contributed by atoms with van der Waals surface area (Å²) in [6.45, 7) is 0. The fraction of sp³-hybridized carbons (Fsp3) is 0.188. The van der Waals surface area contributed by atoms with E-state index in [2.05, 4.69) is 22.1 Å². The summed E-state index contributed by atoms with van der Waals surface area (Å²) in [5.41, 5.74) is 8.43. The SMILES string of the molecule is NC(CCc1ccccc1)c1nc2c(F)cccc2[nH]1. The molecule has 1 heterocycles. The van der Waals surface area contributed by atoms with Crippen LogP contribution in [0.4, 0.5) is 4.39 Å². The van der Waals surface area contributed by atoms with Crippen LogP contribution in [0.5, 0.6) is 0 Å². The van der Waals surface area contributed by atoms with E-state index in [-0.39, 0.29) is 11.9 Å². The van der Waals surface area contributed by atoms with Gasteiger partial charge >= 0.3 is 0 Å². The van der Waals surface area contributed by atoms with E-state index >= 15 is 0 Å². The highest BCUT2D eigenvalue weighted by Gasteiger charge is 2.13. The highest BCUT2D eigenvalue weighted by molar-refractivity contribution is 5.75. The van der Waals surface area contributed by atoms with Crippen LogP contribution in [0, 0.1) is 5.82 Å². The van der Waals surface area contributed by atoms with Gasteiger partial charge in [-0.3, -0.25) is 0 Å². The van der Waals surface area contributed by atoms with E-state index < -0.39 is 0 Å². The van der Waals surface area contributed by atoms with Gasteiger partial charge in [0.1, 0.15) is 11.3 Å². The molecule has 3 nitrogen and oxygen atoms in total. The lowest BCUT2D eigenvalue weighted by Crippen LogP contribution is -2.13. The Bertz CT molecular complexity index is 706. The Balaban J connectivity index is 1.75. The van der Waals surface area contributed by atoms with Crippen molar-refractivity contribution in [2.24, 2.45) is 5.73 Å². The van der Waals surface area contributed by atoms with Crippen LogP contribution in [0.2, 0.25) is 0 Å². The van der Waals surface area contributed by atoms with E-state index in [4.69, 9.17) is 5.73 Å². The maximum atomic E-state index is 13.6. The minimum atomic E-state index is -0.319. The second-order valence-electron chi connectivity index (χ2n) is 4.89. The molecule has 0 radical (unpaired) electrons. The Hall–Kier alpha value is -2.20. The molecule has 1 aromatic heterocycles. The summed E-state index contributed by atoms with van der Waals surface area (Å²) in [7, 11) is 0. The predicted octanol–water partition coefficient (Wildman–Crippen LogP) is 3.33. The van der Waals surface area contributed by atoms with Crippen LogP contribution in [-0.4, -0.2) is 9.97 Å². The number of nitrogens with one attached hydrogen (secondary N) is 1. The number of para-hydroxylation sites is 1. The molecule has 3 rings (SSSR count). The monoisotopic (exact) mass is 269 g/mol. The fourth-order valence-corrected chi connectivity index (χ4v) is 2.30. The van der Waals surface area contributed by atoms with Crippen molar-refractivity contribution in [1.29, 1.82) is 0 Å². The van der Waals surface area contributed by atoms with Gasteiger partial charge in [0, 0.05) is 0 Å². The maximum absolute atomic E-state index is 13.6. The van der Waals surface area contributed by atoms with E-state index in [1.807, 2.05) is 18.2 Å². The van der Waals surface area contributed by atoms with Crippen LogP contribution >= 0.6 is 0 Å². The van der Waals surface area contributed by atoms with Gasteiger partial charge in [-0.2, -0.15) is 0 Å². The van der Waals surface area contributed by atoms with Crippen molar-refractivity contribution in [1.82, 2.24) is 9.97 Å². The molecule has 0 fully saturated rings. The van der Waals surface area contributed by atoms with Crippen LogP contribution < -0.4 is 5.73 Å². The summed E-state index contributed by atoms with van der Waals surface area (Å²) in [6.07, 6.45) is 1.65. The summed E-state index contributed by atoms with van der Waals surface area (Å²) in [5, 5.41) is 0. The van der Waals surface area contributed by atoms with Crippen molar-refractivity contribution in [3.05, 3.63) is 65.7 Å². The predicted molar refractivity (Wildman–Crippen MR) is 77.7 cm³/mol. The second kappa shape index (κ2) is 5.43. The van der Waals surface area contributed by atoms with Gasteiger partial charge in [-0.1, -0.05) is 36.4 Å². The number of aryl methyl sites for hydroxylation is 1. The molecule has 0 spiro atoms. The van der Waals surface area contributed by atoms with Gasteiger partial charge in [0.05, 0.1) is 11.6 Å². The summed E-state index contributed by atoms with van der Waals surface area (Å²) >= 11 is 0. The third kappa shape index (κ3) is 2.56. The van der Waals surface area contributed by atoms with Gasteiger partial charge in [-0.05, 0) is 30.5 Å². The van der Waals surface area contributed by atoms with Crippen LogP contribution in [0.15, 0.2) is 48.5 Å². The third-order valence-electron chi connectivity index (χ3n) is 3.42. The first-order valence-corrected chi connectivity index (χ1v) is 6.67. The van der Waals surface area contributed by atoms with Crippen molar-refractivity contribution < 1.29 is 4.39 Å². The number of aromatic amines is 1. The van der Waals surface area contributed by atoms with E-state index in [1.165, 1.54) is 11.6 Å². The first-order chi connectivity index (χ1) is 9.74. The summed E-state index contributed by atoms with van der Waals surface area (Å²) in [4.78, 5) is 7.37. The normalized spacial score (nSPS) is 12.7. The number of halogens is 1. The molecular weight excluding hydrogens is 253 g/mol. The van der Waals surface area contributed by atoms with Gasteiger partial charge in [-0.15, -0.1) is 0 Å². The van der Waals surface area contributed by atoms with Crippen molar-refractivity contribution in [2.45, 2.75) is 18.9 Å². The van der Waals surface area contributed by atoms with Crippen LogP contribution in [0.3, 0.4) is 0 Å². The van der Waals surface area contributed by atoms with Gasteiger partial charge in [0.2, 0.25) is 0 Å². The Morgan fingerprint density at radius 2 is 1.90 bits per heavy atom. The Morgan fingerprint density at radius 3 is 2.65 bits per heavy atom. The first-order valence-electron chi connectivity index (χ1n) is 6.67. The standard InChI is InChI=1S/C16H16FN3/c17-12-7-4-8-14-15(12)20-16(19-14)13(18)10-9-11-5-2-1-3-6-11/h1-8,13H,9-10,18H2,(H,19,20). The van der Waals surface area contributed by atoms with Crippen LogP contribution in [-0.2, 0) is 6.42 Å². The van der Waals surface area contributed by atoms with Crippen LogP contribution in [0.1, 0.15) is 23.9 Å². The van der Waals surface area contributed by atoms with Crippen molar-refractivity contribution in [3.63, 3.8) is 0 Å².